The van der Waals surface area contributed by atoms with Gasteiger partial charge in [0, 0.05) is 19.3 Å². The van der Waals surface area contributed by atoms with E-state index >= 15 is 0 Å². The molecule has 0 aromatic rings. The zero-order valence-electron chi connectivity index (χ0n) is 46.3. The summed E-state index contributed by atoms with van der Waals surface area (Å²) >= 11 is 0. The van der Waals surface area contributed by atoms with Crippen LogP contribution in [-0.4, -0.2) is 66.5 Å². The van der Waals surface area contributed by atoms with Crippen LogP contribution in [0.2, 0.25) is 0 Å². The second-order valence-electron chi connectivity index (χ2n) is 18.3. The summed E-state index contributed by atoms with van der Waals surface area (Å²) in [6.45, 7) is 4.25. The van der Waals surface area contributed by atoms with Crippen LogP contribution in [0, 0.1) is 0 Å². The highest BCUT2D eigenvalue weighted by molar-refractivity contribution is 7.47. The number of carbonyl (C=O) groups is 3. The van der Waals surface area contributed by atoms with Crippen molar-refractivity contribution in [2.75, 3.05) is 26.4 Å². The van der Waals surface area contributed by atoms with Gasteiger partial charge in [0.2, 0.25) is 0 Å². The Labute approximate surface area is 449 Å². The first-order valence-electron chi connectivity index (χ1n) is 28.4. The number of allylic oxidation sites excluding steroid dienone is 20. The monoisotopic (exact) mass is 1050 g/mol. The first-order valence-corrected chi connectivity index (χ1v) is 29.9. The summed E-state index contributed by atoms with van der Waals surface area (Å²) in [4.78, 5) is 48.5. The number of hydrogen-bond donors (Lipinski definition) is 2. The maximum Gasteiger partial charge on any atom is 0.472 e. The first-order chi connectivity index (χ1) is 36.2. The molecule has 0 radical (unpaired) electrons. The molecule has 0 aromatic heterocycles. The predicted molar refractivity (Wildman–Crippen MR) is 306 cm³/mol. The smallest absolute Gasteiger partial charge is 0.462 e. The molecule has 11 nitrogen and oxygen atoms in total. The molecule has 0 aliphatic heterocycles. The highest BCUT2D eigenvalue weighted by Crippen LogP contribution is 2.43. The zero-order valence-corrected chi connectivity index (χ0v) is 47.2. The van der Waals surface area contributed by atoms with Crippen molar-refractivity contribution in [2.24, 2.45) is 0 Å². The van der Waals surface area contributed by atoms with Gasteiger partial charge in [-0.1, -0.05) is 200 Å². The molecule has 0 aliphatic rings. The van der Waals surface area contributed by atoms with E-state index < -0.39 is 57.8 Å². The Morgan fingerprint density at radius 1 is 0.392 bits per heavy atom. The van der Waals surface area contributed by atoms with Gasteiger partial charge in [-0.25, -0.2) is 4.57 Å². The second kappa shape index (κ2) is 55.1. The minimum Gasteiger partial charge on any atom is -0.462 e. The van der Waals surface area contributed by atoms with E-state index in [-0.39, 0.29) is 25.9 Å². The maximum atomic E-state index is 12.9. The van der Waals surface area contributed by atoms with Crippen LogP contribution in [0.25, 0.3) is 0 Å². The molecule has 3 unspecified atom stereocenters. The van der Waals surface area contributed by atoms with Crippen LogP contribution in [-0.2, 0) is 42.2 Å². The largest absolute Gasteiger partial charge is 0.472 e. The number of esters is 3. The molecule has 420 valence electrons. The molecular formula is C62H101O11P. The molecule has 74 heavy (non-hydrogen) atoms. The lowest BCUT2D eigenvalue weighted by Gasteiger charge is -2.21. The number of phosphoric acid groups is 1. The molecule has 0 amide bonds. The molecule has 0 aromatic carbocycles. The van der Waals surface area contributed by atoms with Gasteiger partial charge < -0.3 is 24.2 Å². The Morgan fingerprint density at radius 2 is 0.730 bits per heavy atom. The number of hydrogen-bond acceptors (Lipinski definition) is 10. The second-order valence-corrected chi connectivity index (χ2v) is 19.8. The number of unbranched alkanes of at least 4 members (excludes halogenated alkanes) is 14. The summed E-state index contributed by atoms with van der Waals surface area (Å²) in [6, 6.07) is 0. The minimum absolute atomic E-state index is 0.0480. The van der Waals surface area contributed by atoms with Crippen molar-refractivity contribution in [1.82, 2.24) is 0 Å². The van der Waals surface area contributed by atoms with Crippen molar-refractivity contribution < 1.29 is 52.2 Å². The van der Waals surface area contributed by atoms with E-state index in [0.717, 1.165) is 128 Å². The number of phosphoric ester groups is 1. The average molecular weight is 1050 g/mol. The maximum absolute atomic E-state index is 12.9. The van der Waals surface area contributed by atoms with Crippen molar-refractivity contribution in [1.29, 1.82) is 0 Å². The van der Waals surface area contributed by atoms with E-state index in [4.69, 9.17) is 23.3 Å². The van der Waals surface area contributed by atoms with Gasteiger partial charge >= 0.3 is 25.7 Å². The fraction of sp³-hybridized carbons (Fsp3) is 0.629. The van der Waals surface area contributed by atoms with E-state index in [9.17, 15) is 28.9 Å². The standard InChI is InChI=1S/C62H101O11P/c1-4-7-10-13-16-19-22-25-27-28-29-30-32-35-38-41-44-47-50-53-62(66)73-59(55-69-60(64)51-48-45-42-39-36-34-31-26-23-20-17-14-11-8-5-2)57-71-74(67,68)70-56-58(54-63)72-61(65)52-49-46-43-40-37-33-24-21-18-15-12-9-6-3/h8-9,11-12,16-21,25-27,29-31,33,37,43,46,58-59,63H,4-7,10,13-15,22-24,28,32,34-36,38-42,44-45,47-57H2,1-3H3,(H,67,68)/b11-8-,12-9-,19-16-,20-17-,21-18-,27-25-,30-29-,31-26-,37-33-,46-43-. The van der Waals surface area contributed by atoms with E-state index in [1.807, 2.05) is 18.2 Å². The predicted octanol–water partition coefficient (Wildman–Crippen LogP) is 16.8. The van der Waals surface area contributed by atoms with Crippen LogP contribution in [0.3, 0.4) is 0 Å². The molecule has 3 atom stereocenters. The lowest BCUT2D eigenvalue weighted by atomic mass is 10.1. The van der Waals surface area contributed by atoms with Crippen molar-refractivity contribution in [3.63, 3.8) is 0 Å². The topological polar surface area (TPSA) is 155 Å². The number of ether oxygens (including phenoxy) is 3. The fourth-order valence-corrected chi connectivity index (χ4v) is 7.88. The Balaban J connectivity index is 4.85. The minimum atomic E-state index is -4.78. The lowest BCUT2D eigenvalue weighted by molar-refractivity contribution is -0.161. The Morgan fingerprint density at radius 3 is 1.16 bits per heavy atom. The van der Waals surface area contributed by atoms with Gasteiger partial charge in [0.05, 0.1) is 19.8 Å². The van der Waals surface area contributed by atoms with Crippen LogP contribution in [0.4, 0.5) is 0 Å². The van der Waals surface area contributed by atoms with Crippen molar-refractivity contribution in [3.05, 3.63) is 122 Å². The van der Waals surface area contributed by atoms with Gasteiger partial charge in [0.25, 0.3) is 0 Å². The Kier molecular flexibility index (Phi) is 52.1. The quantitative estimate of drug-likeness (QED) is 0.0197. The van der Waals surface area contributed by atoms with E-state index in [2.05, 4.69) is 124 Å². The summed E-state index contributed by atoms with van der Waals surface area (Å²) in [7, 11) is -4.78. The highest BCUT2D eigenvalue weighted by Gasteiger charge is 2.28. The third-order valence-electron chi connectivity index (χ3n) is 11.4. The average Bonchev–Trinajstić information content (AvgIpc) is 3.39. The van der Waals surface area contributed by atoms with E-state index in [1.54, 1.807) is 0 Å². The van der Waals surface area contributed by atoms with Crippen molar-refractivity contribution in [2.45, 2.75) is 226 Å². The van der Waals surface area contributed by atoms with E-state index in [1.165, 1.54) is 25.7 Å². The molecule has 0 bridgehead atoms. The van der Waals surface area contributed by atoms with Gasteiger partial charge in [-0.3, -0.25) is 23.4 Å². The molecule has 2 N–H and O–H groups in total. The zero-order chi connectivity index (χ0) is 54.1. The fourth-order valence-electron chi connectivity index (χ4n) is 7.10. The van der Waals surface area contributed by atoms with Gasteiger partial charge in [0.15, 0.2) is 6.10 Å². The number of rotatable bonds is 51. The molecule has 12 heteroatoms. The van der Waals surface area contributed by atoms with Crippen LogP contribution in [0.15, 0.2) is 122 Å². The molecule has 0 heterocycles. The molecule has 0 saturated heterocycles. The van der Waals surface area contributed by atoms with Gasteiger partial charge in [-0.05, 0) is 116 Å². The number of aliphatic hydroxyl groups excluding tert-OH is 1. The number of aliphatic hydroxyl groups is 1. The molecule has 0 fully saturated rings. The molecule has 0 aliphatic carbocycles. The van der Waals surface area contributed by atoms with Crippen molar-refractivity contribution >= 4 is 25.7 Å². The summed E-state index contributed by atoms with van der Waals surface area (Å²) < 4.78 is 39.4. The van der Waals surface area contributed by atoms with Gasteiger partial charge in [0.1, 0.15) is 12.7 Å². The third kappa shape index (κ3) is 52.7. The SMILES string of the molecule is CC/C=C\C/C=C\C/C=C\C/C=C\CCC(=O)OC(CO)COP(=O)(O)OCC(COC(=O)CCCCCCC/C=C\C/C=C\C/C=C\CC)OC(=O)CCCCCCCC/C=C\C/C=C\C/C=C\CCCCC. The Bertz CT molecular complexity index is 1700. The number of carbonyl (C=O) groups excluding carboxylic acids is 3. The van der Waals surface area contributed by atoms with Crippen LogP contribution < -0.4 is 0 Å². The summed E-state index contributed by atoms with van der Waals surface area (Å²) in [5.74, 6) is -1.60. The lowest BCUT2D eigenvalue weighted by Crippen LogP contribution is -2.30. The summed E-state index contributed by atoms with van der Waals surface area (Å²) in [6.07, 6.45) is 67.4. The van der Waals surface area contributed by atoms with Crippen LogP contribution in [0.1, 0.15) is 213 Å². The molecular weight excluding hydrogens is 952 g/mol. The van der Waals surface area contributed by atoms with E-state index in [0.29, 0.717) is 19.3 Å². The first kappa shape index (κ1) is 69.9. The highest BCUT2D eigenvalue weighted by atomic mass is 31.2. The Hall–Kier alpha value is -4.12. The van der Waals surface area contributed by atoms with Gasteiger partial charge in [-0.2, -0.15) is 0 Å². The molecule has 0 saturated carbocycles. The van der Waals surface area contributed by atoms with Gasteiger partial charge in [-0.15, -0.1) is 0 Å². The normalized spacial score (nSPS) is 14.3. The summed E-state index contributed by atoms with van der Waals surface area (Å²) in [5, 5.41) is 9.79. The van der Waals surface area contributed by atoms with Crippen LogP contribution in [0.5, 0.6) is 0 Å². The summed E-state index contributed by atoms with van der Waals surface area (Å²) in [5.41, 5.74) is 0. The molecule has 0 spiro atoms. The third-order valence-corrected chi connectivity index (χ3v) is 12.3. The van der Waals surface area contributed by atoms with Crippen molar-refractivity contribution in [3.8, 4) is 0 Å². The van der Waals surface area contributed by atoms with Crippen LogP contribution >= 0.6 is 7.82 Å². The molecule has 0 rings (SSSR count).